The van der Waals surface area contributed by atoms with Crippen molar-refractivity contribution in [1.82, 2.24) is 0 Å². The zero-order valence-electron chi connectivity index (χ0n) is 18.6. The van der Waals surface area contributed by atoms with Crippen LogP contribution in [0.1, 0.15) is 38.7 Å². The van der Waals surface area contributed by atoms with Gasteiger partial charge >= 0.3 is 0 Å². The molecule has 0 bridgehead atoms. The van der Waals surface area contributed by atoms with Crippen molar-refractivity contribution in [2.75, 3.05) is 19.5 Å². The second-order valence-electron chi connectivity index (χ2n) is 8.18. The lowest BCUT2D eigenvalue weighted by Crippen LogP contribution is -2.48. The molecule has 6 heteroatoms. The highest BCUT2D eigenvalue weighted by atomic mass is 16.5. The minimum Gasteiger partial charge on any atom is -0.497 e. The maximum Gasteiger partial charge on any atom is 0.158 e. The number of ether oxygens (including phenoxy) is 2. The van der Waals surface area contributed by atoms with Crippen LogP contribution in [0.3, 0.4) is 0 Å². The van der Waals surface area contributed by atoms with E-state index in [-0.39, 0.29) is 18.0 Å². The average molecular weight is 424 g/mol. The number of ketones is 2. The molecule has 1 aliphatic carbocycles. The van der Waals surface area contributed by atoms with E-state index in [4.69, 9.17) is 9.47 Å². The summed E-state index contributed by atoms with van der Waals surface area (Å²) >= 11 is 0. The summed E-state index contributed by atoms with van der Waals surface area (Å²) < 4.78 is 10.6. The molecule has 0 radical (unpaired) electrons. The smallest absolute Gasteiger partial charge is 0.158 e. The summed E-state index contributed by atoms with van der Waals surface area (Å²) in [5, 5.41) is 14.6. The van der Waals surface area contributed by atoms with Gasteiger partial charge in [-0.3, -0.25) is 9.59 Å². The summed E-state index contributed by atoms with van der Waals surface area (Å²) in [5.41, 5.74) is 1.27. The molecule has 31 heavy (non-hydrogen) atoms. The zero-order chi connectivity index (χ0) is 22.8. The van der Waals surface area contributed by atoms with Crippen molar-refractivity contribution in [3.05, 3.63) is 65.4 Å². The lowest BCUT2D eigenvalue weighted by Gasteiger charge is -2.43. The van der Waals surface area contributed by atoms with E-state index >= 15 is 0 Å². The first-order valence-corrected chi connectivity index (χ1v) is 10.2. The van der Waals surface area contributed by atoms with Crippen LogP contribution in [0, 0.1) is 5.92 Å². The van der Waals surface area contributed by atoms with Crippen LogP contribution in [0.4, 0.5) is 5.69 Å². The molecule has 2 aromatic rings. The SMILES string of the molecule is COc1ccc(NC2=C(C(C)=O)[C@@H](c3cccc(OC)c3)[C@@H](C(C)=O)[C@](C)(O)C2)cc1. The fourth-order valence-electron chi connectivity index (χ4n) is 4.53. The Labute approximate surface area is 182 Å². The predicted molar refractivity (Wildman–Crippen MR) is 119 cm³/mol. The molecule has 3 atom stereocenters. The van der Waals surface area contributed by atoms with Crippen molar-refractivity contribution < 1.29 is 24.2 Å². The first-order valence-electron chi connectivity index (χ1n) is 10.2. The van der Waals surface area contributed by atoms with E-state index in [1.807, 2.05) is 42.5 Å². The normalized spacial score (nSPS) is 23.3. The average Bonchev–Trinajstić information content (AvgIpc) is 2.72. The number of allylic oxidation sites excluding steroid dienone is 1. The van der Waals surface area contributed by atoms with Gasteiger partial charge in [-0.1, -0.05) is 12.1 Å². The van der Waals surface area contributed by atoms with Crippen molar-refractivity contribution in [2.45, 2.75) is 38.7 Å². The molecular formula is C25H29NO5. The number of hydrogen-bond donors (Lipinski definition) is 2. The van der Waals surface area contributed by atoms with Gasteiger partial charge in [0.1, 0.15) is 17.3 Å². The maximum absolute atomic E-state index is 12.9. The molecule has 2 aromatic carbocycles. The van der Waals surface area contributed by atoms with Gasteiger partial charge in [-0.25, -0.2) is 0 Å². The first kappa shape index (κ1) is 22.6. The molecule has 2 N–H and O–H groups in total. The third-order valence-electron chi connectivity index (χ3n) is 5.83. The molecule has 0 amide bonds. The highest BCUT2D eigenvalue weighted by Crippen LogP contribution is 2.48. The van der Waals surface area contributed by atoms with E-state index < -0.39 is 17.4 Å². The van der Waals surface area contributed by atoms with Crippen LogP contribution in [0.2, 0.25) is 0 Å². The van der Waals surface area contributed by atoms with Gasteiger partial charge in [0, 0.05) is 29.3 Å². The third-order valence-corrected chi connectivity index (χ3v) is 5.83. The van der Waals surface area contributed by atoms with Crippen molar-refractivity contribution in [1.29, 1.82) is 0 Å². The molecule has 6 nitrogen and oxygen atoms in total. The van der Waals surface area contributed by atoms with Gasteiger partial charge in [0.05, 0.1) is 25.7 Å². The number of hydrogen-bond acceptors (Lipinski definition) is 6. The summed E-state index contributed by atoms with van der Waals surface area (Å²) in [6.07, 6.45) is 0.151. The Morgan fingerprint density at radius 2 is 1.68 bits per heavy atom. The summed E-state index contributed by atoms with van der Waals surface area (Å²) in [5.74, 6) is -0.342. The molecule has 0 aromatic heterocycles. The Kier molecular flexibility index (Phi) is 6.51. The molecule has 0 spiro atoms. The number of benzene rings is 2. The third kappa shape index (κ3) is 4.64. The van der Waals surface area contributed by atoms with Crippen LogP contribution in [0.25, 0.3) is 0 Å². The topological polar surface area (TPSA) is 84.9 Å². The van der Waals surface area contributed by atoms with Crippen LogP contribution >= 0.6 is 0 Å². The van der Waals surface area contributed by atoms with Gasteiger partial charge < -0.3 is 19.9 Å². The minimum atomic E-state index is -1.34. The van der Waals surface area contributed by atoms with Gasteiger partial charge in [0.25, 0.3) is 0 Å². The number of anilines is 1. The Morgan fingerprint density at radius 1 is 1.03 bits per heavy atom. The van der Waals surface area contributed by atoms with Crippen LogP contribution in [0.15, 0.2) is 59.8 Å². The predicted octanol–water partition coefficient (Wildman–Crippen LogP) is 4.10. The molecule has 3 rings (SSSR count). The van der Waals surface area contributed by atoms with Crippen molar-refractivity contribution in [3.63, 3.8) is 0 Å². The van der Waals surface area contributed by atoms with Crippen LogP contribution in [-0.2, 0) is 9.59 Å². The molecule has 1 aliphatic rings. The second-order valence-corrected chi connectivity index (χ2v) is 8.18. The first-order chi connectivity index (χ1) is 14.7. The number of aliphatic hydroxyl groups is 1. The van der Waals surface area contributed by atoms with Crippen LogP contribution in [0.5, 0.6) is 11.5 Å². The number of carbonyl (C=O) groups is 2. The molecule has 0 heterocycles. The van der Waals surface area contributed by atoms with E-state index in [0.29, 0.717) is 22.8 Å². The maximum atomic E-state index is 12.9. The van der Waals surface area contributed by atoms with E-state index in [1.165, 1.54) is 13.8 Å². The van der Waals surface area contributed by atoms with E-state index in [9.17, 15) is 14.7 Å². The second kappa shape index (κ2) is 8.94. The van der Waals surface area contributed by atoms with E-state index in [1.54, 1.807) is 27.2 Å². The lowest BCUT2D eigenvalue weighted by atomic mass is 9.64. The number of methoxy groups -OCH3 is 2. The Balaban J connectivity index is 2.18. The van der Waals surface area contributed by atoms with Crippen molar-refractivity contribution in [2.24, 2.45) is 5.92 Å². The van der Waals surface area contributed by atoms with Gasteiger partial charge in [0.15, 0.2) is 5.78 Å². The quantitative estimate of drug-likeness (QED) is 0.697. The molecular weight excluding hydrogens is 394 g/mol. The Hall–Kier alpha value is -3.12. The van der Waals surface area contributed by atoms with Crippen LogP contribution < -0.4 is 14.8 Å². The molecule has 0 aliphatic heterocycles. The lowest BCUT2D eigenvalue weighted by molar-refractivity contribution is -0.131. The number of carbonyl (C=O) groups excluding carboxylic acids is 2. The van der Waals surface area contributed by atoms with E-state index in [0.717, 1.165) is 11.3 Å². The number of nitrogens with one attached hydrogen (secondary N) is 1. The molecule has 0 unspecified atom stereocenters. The van der Waals surface area contributed by atoms with Crippen LogP contribution in [-0.4, -0.2) is 36.5 Å². The summed E-state index contributed by atoms with van der Waals surface area (Å²) in [4.78, 5) is 25.6. The monoisotopic (exact) mass is 423 g/mol. The fraction of sp³-hybridized carbons (Fsp3) is 0.360. The zero-order valence-corrected chi connectivity index (χ0v) is 18.6. The van der Waals surface area contributed by atoms with Gasteiger partial charge in [-0.15, -0.1) is 0 Å². The van der Waals surface area contributed by atoms with Crippen molar-refractivity contribution >= 4 is 17.3 Å². The summed E-state index contributed by atoms with van der Waals surface area (Å²) in [7, 11) is 3.16. The summed E-state index contributed by atoms with van der Waals surface area (Å²) in [6, 6.07) is 14.6. The molecule has 0 fully saturated rings. The molecule has 0 saturated heterocycles. The van der Waals surface area contributed by atoms with Gasteiger partial charge in [0.2, 0.25) is 0 Å². The highest BCUT2D eigenvalue weighted by Gasteiger charge is 2.49. The Bertz CT molecular complexity index is 1010. The van der Waals surface area contributed by atoms with Gasteiger partial charge in [-0.05, 0) is 62.7 Å². The Morgan fingerprint density at radius 3 is 2.23 bits per heavy atom. The van der Waals surface area contributed by atoms with Gasteiger partial charge in [-0.2, -0.15) is 0 Å². The highest BCUT2D eigenvalue weighted by molar-refractivity contribution is 5.98. The number of rotatable bonds is 7. The largest absolute Gasteiger partial charge is 0.497 e. The standard InChI is InChI=1S/C25H29NO5/c1-15(27)22-21(26-18-9-11-19(30-4)12-10-18)14-25(3,29)24(16(2)28)23(22)17-7-6-8-20(13-17)31-5/h6-13,23-24,26,29H,14H2,1-5H3/t23-,24-,25-/m1/s1. The van der Waals surface area contributed by atoms with Crippen molar-refractivity contribution in [3.8, 4) is 11.5 Å². The van der Waals surface area contributed by atoms with E-state index in [2.05, 4.69) is 5.32 Å². The molecule has 164 valence electrons. The fourth-order valence-corrected chi connectivity index (χ4v) is 4.53. The molecule has 0 saturated carbocycles. The summed E-state index contributed by atoms with van der Waals surface area (Å²) in [6.45, 7) is 4.61. The minimum absolute atomic E-state index is 0.148. The number of Topliss-reactive ketones (excluding diaryl/α,β-unsaturated/α-hetero) is 2.